The molecule has 1 aromatic carbocycles. The Labute approximate surface area is 99.8 Å². The first-order valence-electron chi connectivity index (χ1n) is 4.76. The van der Waals surface area contributed by atoms with Gasteiger partial charge in [-0.05, 0) is 18.6 Å². The predicted octanol–water partition coefficient (Wildman–Crippen LogP) is 3.45. The Morgan fingerprint density at radius 1 is 1.33 bits per heavy atom. The van der Waals surface area contributed by atoms with Crippen molar-refractivity contribution in [2.75, 3.05) is 7.11 Å². The van der Waals surface area contributed by atoms with Gasteiger partial charge in [0, 0.05) is 22.7 Å². The third-order valence-corrected chi connectivity index (χ3v) is 2.97. The van der Waals surface area contributed by atoms with E-state index in [-0.39, 0.29) is 0 Å². The second kappa shape index (κ2) is 5.71. The highest BCUT2D eigenvalue weighted by Gasteiger charge is 2.23. The lowest BCUT2D eigenvalue weighted by Crippen LogP contribution is -2.20. The molecule has 1 N–H and O–H groups in total. The number of aliphatic hydroxyl groups excluding tert-OH is 1. The summed E-state index contributed by atoms with van der Waals surface area (Å²) < 4.78 is 5.23. The summed E-state index contributed by atoms with van der Waals surface area (Å²) in [7, 11) is 1.53. The standard InChI is InChI=1S/C11H14Cl2O2/c1-3-9(14)11(15-2)10-7(12)5-4-6-8(10)13/h4-6,9,11,14H,3H2,1-2H3. The van der Waals surface area contributed by atoms with Crippen molar-refractivity contribution in [2.24, 2.45) is 0 Å². The van der Waals surface area contributed by atoms with Gasteiger partial charge >= 0.3 is 0 Å². The van der Waals surface area contributed by atoms with Crippen LogP contribution in [0.1, 0.15) is 25.0 Å². The Hall–Kier alpha value is -0.280. The quantitative estimate of drug-likeness (QED) is 0.885. The van der Waals surface area contributed by atoms with E-state index in [0.29, 0.717) is 22.0 Å². The minimum Gasteiger partial charge on any atom is -0.390 e. The maximum absolute atomic E-state index is 9.78. The van der Waals surface area contributed by atoms with Crippen molar-refractivity contribution in [2.45, 2.75) is 25.6 Å². The van der Waals surface area contributed by atoms with Gasteiger partial charge in [-0.3, -0.25) is 0 Å². The zero-order valence-electron chi connectivity index (χ0n) is 8.71. The number of hydrogen-bond acceptors (Lipinski definition) is 2. The minimum absolute atomic E-state index is 0.476. The number of hydrogen-bond donors (Lipinski definition) is 1. The van der Waals surface area contributed by atoms with E-state index in [0.717, 1.165) is 0 Å². The van der Waals surface area contributed by atoms with Crippen LogP contribution in [0, 0.1) is 0 Å². The fourth-order valence-electron chi connectivity index (χ4n) is 1.46. The molecule has 2 unspecified atom stereocenters. The second-order valence-corrected chi connectivity index (χ2v) is 4.08. The van der Waals surface area contributed by atoms with Crippen molar-refractivity contribution in [1.82, 2.24) is 0 Å². The monoisotopic (exact) mass is 248 g/mol. The van der Waals surface area contributed by atoms with Crippen molar-refractivity contribution in [1.29, 1.82) is 0 Å². The highest BCUT2D eigenvalue weighted by Crippen LogP contribution is 2.34. The van der Waals surface area contributed by atoms with E-state index in [9.17, 15) is 5.11 Å². The fourth-order valence-corrected chi connectivity index (χ4v) is 2.08. The molecule has 1 aromatic rings. The van der Waals surface area contributed by atoms with E-state index in [1.165, 1.54) is 7.11 Å². The number of benzene rings is 1. The van der Waals surface area contributed by atoms with Crippen LogP contribution in [0.3, 0.4) is 0 Å². The van der Waals surface area contributed by atoms with E-state index in [1.807, 2.05) is 6.92 Å². The zero-order chi connectivity index (χ0) is 11.4. The maximum Gasteiger partial charge on any atom is 0.111 e. The van der Waals surface area contributed by atoms with Crippen molar-refractivity contribution in [3.05, 3.63) is 33.8 Å². The lowest BCUT2D eigenvalue weighted by molar-refractivity contribution is -0.0147. The van der Waals surface area contributed by atoms with Crippen LogP contribution in [0.5, 0.6) is 0 Å². The molecule has 84 valence electrons. The molecule has 0 saturated carbocycles. The Morgan fingerprint density at radius 3 is 2.27 bits per heavy atom. The summed E-state index contributed by atoms with van der Waals surface area (Å²) in [5.41, 5.74) is 0.651. The Bertz CT molecular complexity index is 308. The molecule has 0 amide bonds. The SMILES string of the molecule is CCC(O)C(OC)c1c(Cl)cccc1Cl. The number of methoxy groups -OCH3 is 1. The van der Waals surface area contributed by atoms with Crippen molar-refractivity contribution in [3.63, 3.8) is 0 Å². The van der Waals surface area contributed by atoms with Gasteiger partial charge in [0.1, 0.15) is 6.10 Å². The smallest absolute Gasteiger partial charge is 0.111 e. The Balaban J connectivity index is 3.11. The molecule has 0 aliphatic carbocycles. The van der Waals surface area contributed by atoms with Gasteiger partial charge in [-0.1, -0.05) is 36.2 Å². The molecule has 0 spiro atoms. The first kappa shape index (κ1) is 12.8. The molecule has 15 heavy (non-hydrogen) atoms. The van der Waals surface area contributed by atoms with E-state index in [2.05, 4.69) is 0 Å². The Morgan fingerprint density at radius 2 is 1.87 bits per heavy atom. The average Bonchev–Trinajstić information content (AvgIpc) is 2.22. The molecule has 0 bridgehead atoms. The first-order valence-corrected chi connectivity index (χ1v) is 5.52. The van der Waals surface area contributed by atoms with Gasteiger partial charge in [-0.25, -0.2) is 0 Å². The predicted molar refractivity (Wildman–Crippen MR) is 62.5 cm³/mol. The summed E-state index contributed by atoms with van der Waals surface area (Å²) in [4.78, 5) is 0. The van der Waals surface area contributed by atoms with Crippen molar-refractivity contribution >= 4 is 23.2 Å². The molecule has 0 aromatic heterocycles. The van der Waals surface area contributed by atoms with Gasteiger partial charge in [-0.15, -0.1) is 0 Å². The number of rotatable bonds is 4. The van der Waals surface area contributed by atoms with Crippen molar-refractivity contribution < 1.29 is 9.84 Å². The van der Waals surface area contributed by atoms with Crippen molar-refractivity contribution in [3.8, 4) is 0 Å². The number of halogens is 2. The molecule has 0 aliphatic rings. The molecule has 2 nitrogen and oxygen atoms in total. The molecule has 0 aliphatic heterocycles. The van der Waals surface area contributed by atoms with Crippen LogP contribution < -0.4 is 0 Å². The van der Waals surface area contributed by atoms with Gasteiger partial charge in [0.05, 0.1) is 6.10 Å². The van der Waals surface area contributed by atoms with Gasteiger partial charge in [-0.2, -0.15) is 0 Å². The van der Waals surface area contributed by atoms with E-state index in [1.54, 1.807) is 18.2 Å². The largest absolute Gasteiger partial charge is 0.390 e. The van der Waals surface area contributed by atoms with Gasteiger partial charge in [0.15, 0.2) is 0 Å². The summed E-state index contributed by atoms with van der Waals surface area (Å²) in [6.07, 6.45) is -0.497. The first-order chi connectivity index (χ1) is 7.11. The van der Waals surface area contributed by atoms with Gasteiger partial charge < -0.3 is 9.84 Å². The molecule has 0 saturated heterocycles. The van der Waals surface area contributed by atoms with Gasteiger partial charge in [0.2, 0.25) is 0 Å². The van der Waals surface area contributed by atoms with Crippen LogP contribution in [0.2, 0.25) is 10.0 Å². The molecular weight excluding hydrogens is 235 g/mol. The number of aliphatic hydroxyl groups is 1. The molecule has 0 heterocycles. The molecule has 2 atom stereocenters. The molecule has 1 rings (SSSR count). The fraction of sp³-hybridized carbons (Fsp3) is 0.455. The summed E-state index contributed by atoms with van der Waals surface area (Å²) >= 11 is 12.1. The normalized spacial score (nSPS) is 15.0. The van der Waals surface area contributed by atoms with E-state index >= 15 is 0 Å². The van der Waals surface area contributed by atoms with E-state index < -0.39 is 12.2 Å². The third kappa shape index (κ3) is 2.85. The maximum atomic E-state index is 9.78. The van der Waals surface area contributed by atoms with Crippen LogP contribution in [-0.2, 0) is 4.74 Å². The topological polar surface area (TPSA) is 29.5 Å². The van der Waals surface area contributed by atoms with Crippen LogP contribution in [-0.4, -0.2) is 18.3 Å². The second-order valence-electron chi connectivity index (χ2n) is 3.27. The highest BCUT2D eigenvalue weighted by molar-refractivity contribution is 6.36. The lowest BCUT2D eigenvalue weighted by Gasteiger charge is -2.22. The molecule has 4 heteroatoms. The van der Waals surface area contributed by atoms with Crippen LogP contribution in [0.15, 0.2) is 18.2 Å². The van der Waals surface area contributed by atoms with E-state index in [4.69, 9.17) is 27.9 Å². The summed E-state index contributed by atoms with van der Waals surface area (Å²) in [5, 5.41) is 10.8. The molecule has 0 radical (unpaired) electrons. The average molecular weight is 249 g/mol. The number of ether oxygens (including phenoxy) is 1. The summed E-state index contributed by atoms with van der Waals surface area (Å²) in [6, 6.07) is 5.23. The highest BCUT2D eigenvalue weighted by atomic mass is 35.5. The lowest BCUT2D eigenvalue weighted by atomic mass is 10.0. The molecule has 0 fully saturated rings. The van der Waals surface area contributed by atoms with Gasteiger partial charge in [0.25, 0.3) is 0 Å². The summed E-state index contributed by atoms with van der Waals surface area (Å²) in [6.45, 7) is 1.88. The van der Waals surface area contributed by atoms with Crippen LogP contribution in [0.25, 0.3) is 0 Å². The Kier molecular flexibility index (Phi) is 4.87. The molecular formula is C11H14Cl2O2. The zero-order valence-corrected chi connectivity index (χ0v) is 10.2. The third-order valence-electron chi connectivity index (χ3n) is 2.31. The van der Waals surface area contributed by atoms with Crippen LogP contribution in [0.4, 0.5) is 0 Å². The summed E-state index contributed by atoms with van der Waals surface area (Å²) in [5.74, 6) is 0. The van der Waals surface area contributed by atoms with Crippen LogP contribution >= 0.6 is 23.2 Å². The minimum atomic E-state index is -0.604.